The van der Waals surface area contributed by atoms with Crippen LogP contribution in [0, 0.1) is 5.82 Å². The molecule has 0 saturated heterocycles. The molecule has 1 atom stereocenters. The van der Waals surface area contributed by atoms with Crippen LogP contribution in [0.3, 0.4) is 0 Å². The smallest absolute Gasteiger partial charge is 0.124 e. The van der Waals surface area contributed by atoms with Gasteiger partial charge in [0.25, 0.3) is 0 Å². The Balaban J connectivity index is 1.95. The number of nitrogens with two attached hydrogens (primary N) is 1. The third-order valence-corrected chi connectivity index (χ3v) is 3.57. The van der Waals surface area contributed by atoms with Gasteiger partial charge < -0.3 is 0 Å². The molecule has 20 heavy (non-hydrogen) atoms. The zero-order valence-electron chi connectivity index (χ0n) is 11.0. The Kier molecular flexibility index (Phi) is 5.47. The van der Waals surface area contributed by atoms with Crippen LogP contribution in [0.5, 0.6) is 0 Å². The van der Waals surface area contributed by atoms with Crippen LogP contribution < -0.4 is 11.3 Å². The SMILES string of the molecule is NNC(CCc1cccnc1)Cc1ccc(F)cc1Cl. The van der Waals surface area contributed by atoms with E-state index in [0.717, 1.165) is 24.0 Å². The Labute approximate surface area is 122 Å². The molecule has 0 aliphatic rings. The van der Waals surface area contributed by atoms with Crippen LogP contribution in [0.2, 0.25) is 5.02 Å². The molecule has 0 bridgehead atoms. The van der Waals surface area contributed by atoms with E-state index < -0.39 is 0 Å². The van der Waals surface area contributed by atoms with Gasteiger partial charge in [-0.3, -0.25) is 16.3 Å². The lowest BCUT2D eigenvalue weighted by Gasteiger charge is -2.16. The highest BCUT2D eigenvalue weighted by Crippen LogP contribution is 2.19. The third kappa shape index (κ3) is 4.27. The van der Waals surface area contributed by atoms with Gasteiger partial charge in [-0.25, -0.2) is 4.39 Å². The summed E-state index contributed by atoms with van der Waals surface area (Å²) in [4.78, 5) is 4.08. The second-order valence-electron chi connectivity index (χ2n) is 4.70. The number of halogens is 2. The molecule has 5 heteroatoms. The molecule has 0 fully saturated rings. The maximum atomic E-state index is 13.0. The van der Waals surface area contributed by atoms with Gasteiger partial charge in [-0.1, -0.05) is 23.7 Å². The summed E-state index contributed by atoms with van der Waals surface area (Å²) >= 11 is 6.03. The molecule has 0 saturated carbocycles. The van der Waals surface area contributed by atoms with Crippen LogP contribution in [0.4, 0.5) is 4.39 Å². The topological polar surface area (TPSA) is 50.9 Å². The monoisotopic (exact) mass is 293 g/mol. The molecule has 0 aliphatic heterocycles. The third-order valence-electron chi connectivity index (χ3n) is 3.22. The minimum absolute atomic E-state index is 0.0816. The normalized spacial score (nSPS) is 12.3. The molecule has 1 unspecified atom stereocenters. The Morgan fingerprint density at radius 3 is 2.85 bits per heavy atom. The average molecular weight is 294 g/mol. The number of rotatable bonds is 6. The number of hydrazine groups is 1. The summed E-state index contributed by atoms with van der Waals surface area (Å²) < 4.78 is 13.0. The van der Waals surface area contributed by atoms with Crippen molar-refractivity contribution in [2.75, 3.05) is 0 Å². The molecule has 1 heterocycles. The summed E-state index contributed by atoms with van der Waals surface area (Å²) in [6.07, 6.45) is 5.99. The first-order chi connectivity index (χ1) is 9.69. The van der Waals surface area contributed by atoms with E-state index in [1.54, 1.807) is 12.3 Å². The van der Waals surface area contributed by atoms with Crippen molar-refractivity contribution in [1.82, 2.24) is 10.4 Å². The van der Waals surface area contributed by atoms with E-state index in [2.05, 4.69) is 10.4 Å². The second kappa shape index (κ2) is 7.33. The highest BCUT2D eigenvalue weighted by Gasteiger charge is 2.11. The number of nitrogens with zero attached hydrogens (tertiary/aromatic N) is 1. The molecular weight excluding hydrogens is 277 g/mol. The molecule has 2 rings (SSSR count). The number of nitrogens with one attached hydrogen (secondary N) is 1. The van der Waals surface area contributed by atoms with Crippen LogP contribution >= 0.6 is 11.6 Å². The predicted molar refractivity (Wildman–Crippen MR) is 78.8 cm³/mol. The second-order valence-corrected chi connectivity index (χ2v) is 5.11. The number of aromatic nitrogens is 1. The van der Waals surface area contributed by atoms with E-state index in [0.29, 0.717) is 11.4 Å². The van der Waals surface area contributed by atoms with Crippen molar-refractivity contribution in [2.24, 2.45) is 5.84 Å². The largest absolute Gasteiger partial charge is 0.271 e. The molecule has 106 valence electrons. The van der Waals surface area contributed by atoms with Crippen molar-refractivity contribution >= 4 is 11.6 Å². The van der Waals surface area contributed by atoms with E-state index >= 15 is 0 Å². The molecule has 0 aliphatic carbocycles. The molecule has 3 N–H and O–H groups in total. The van der Waals surface area contributed by atoms with Gasteiger partial charge in [-0.05, 0) is 48.6 Å². The summed E-state index contributed by atoms with van der Waals surface area (Å²) in [6.45, 7) is 0. The molecular formula is C15H17ClFN3. The van der Waals surface area contributed by atoms with E-state index in [1.807, 2.05) is 18.3 Å². The summed E-state index contributed by atoms with van der Waals surface area (Å²) in [5.41, 5.74) is 4.85. The zero-order chi connectivity index (χ0) is 14.4. The lowest BCUT2D eigenvalue weighted by Crippen LogP contribution is -2.37. The Morgan fingerprint density at radius 2 is 2.20 bits per heavy atom. The average Bonchev–Trinajstić information content (AvgIpc) is 2.46. The maximum absolute atomic E-state index is 13.0. The van der Waals surface area contributed by atoms with E-state index in [1.165, 1.54) is 12.1 Å². The number of benzene rings is 1. The van der Waals surface area contributed by atoms with Gasteiger partial charge in [0.1, 0.15) is 5.82 Å². The van der Waals surface area contributed by atoms with Crippen LogP contribution in [-0.2, 0) is 12.8 Å². The molecule has 0 radical (unpaired) electrons. The van der Waals surface area contributed by atoms with Gasteiger partial charge in [-0.2, -0.15) is 0 Å². The number of aryl methyl sites for hydroxylation is 1. The summed E-state index contributed by atoms with van der Waals surface area (Å²) in [5.74, 6) is 5.25. The first kappa shape index (κ1) is 14.9. The fourth-order valence-electron chi connectivity index (χ4n) is 2.08. The summed E-state index contributed by atoms with van der Waals surface area (Å²) in [5, 5.41) is 0.437. The van der Waals surface area contributed by atoms with Gasteiger partial charge in [0.05, 0.1) is 0 Å². The Hall–Kier alpha value is -1.49. The van der Waals surface area contributed by atoms with Crippen molar-refractivity contribution in [1.29, 1.82) is 0 Å². The van der Waals surface area contributed by atoms with Crippen LogP contribution in [0.25, 0.3) is 0 Å². The number of hydrogen-bond acceptors (Lipinski definition) is 3. The predicted octanol–water partition coefficient (Wildman–Crippen LogP) is 2.88. The van der Waals surface area contributed by atoms with Gasteiger partial charge in [0.15, 0.2) is 0 Å². The minimum Gasteiger partial charge on any atom is -0.271 e. The number of pyridine rings is 1. The first-order valence-corrected chi connectivity index (χ1v) is 6.86. The van der Waals surface area contributed by atoms with Crippen LogP contribution in [0.15, 0.2) is 42.7 Å². The number of hydrogen-bond donors (Lipinski definition) is 2. The van der Waals surface area contributed by atoms with Crippen molar-refractivity contribution in [3.63, 3.8) is 0 Å². The molecule has 1 aromatic heterocycles. The Morgan fingerprint density at radius 1 is 1.35 bits per heavy atom. The molecule has 1 aromatic carbocycles. The van der Waals surface area contributed by atoms with Crippen molar-refractivity contribution in [3.8, 4) is 0 Å². The minimum atomic E-state index is -0.327. The fourth-order valence-corrected chi connectivity index (χ4v) is 2.33. The van der Waals surface area contributed by atoms with Crippen LogP contribution in [-0.4, -0.2) is 11.0 Å². The van der Waals surface area contributed by atoms with Gasteiger partial charge in [0.2, 0.25) is 0 Å². The van der Waals surface area contributed by atoms with Gasteiger partial charge >= 0.3 is 0 Å². The zero-order valence-corrected chi connectivity index (χ0v) is 11.8. The van der Waals surface area contributed by atoms with Gasteiger partial charge in [0, 0.05) is 23.5 Å². The highest BCUT2D eigenvalue weighted by atomic mass is 35.5. The summed E-state index contributed by atoms with van der Waals surface area (Å²) in [6, 6.07) is 8.47. The molecule has 3 nitrogen and oxygen atoms in total. The van der Waals surface area contributed by atoms with Gasteiger partial charge in [-0.15, -0.1) is 0 Å². The summed E-state index contributed by atoms with van der Waals surface area (Å²) in [7, 11) is 0. The van der Waals surface area contributed by atoms with E-state index in [4.69, 9.17) is 17.4 Å². The lowest BCUT2D eigenvalue weighted by molar-refractivity contribution is 0.491. The molecule has 2 aromatic rings. The van der Waals surface area contributed by atoms with E-state index in [-0.39, 0.29) is 11.9 Å². The first-order valence-electron chi connectivity index (χ1n) is 6.48. The Bertz CT molecular complexity index is 548. The maximum Gasteiger partial charge on any atom is 0.124 e. The quantitative estimate of drug-likeness (QED) is 0.636. The van der Waals surface area contributed by atoms with Crippen molar-refractivity contribution in [2.45, 2.75) is 25.3 Å². The van der Waals surface area contributed by atoms with E-state index in [9.17, 15) is 4.39 Å². The standard InChI is InChI=1S/C15H17ClFN3/c16-15-9-13(17)5-4-12(15)8-14(20-18)6-3-11-2-1-7-19-10-11/h1-2,4-5,7,9-10,14,20H,3,6,8,18H2. The van der Waals surface area contributed by atoms with Crippen LogP contribution in [0.1, 0.15) is 17.5 Å². The molecule has 0 spiro atoms. The highest BCUT2D eigenvalue weighted by molar-refractivity contribution is 6.31. The fraction of sp³-hybridized carbons (Fsp3) is 0.267. The van der Waals surface area contributed by atoms with Crippen molar-refractivity contribution in [3.05, 3.63) is 64.7 Å². The lowest BCUT2D eigenvalue weighted by atomic mass is 10.00. The van der Waals surface area contributed by atoms with Crippen molar-refractivity contribution < 1.29 is 4.39 Å². The molecule has 0 amide bonds.